The van der Waals surface area contributed by atoms with Crippen LogP contribution in [-0.4, -0.2) is 41.6 Å². The number of aromatic hydroxyl groups is 1. The molecule has 4 nitrogen and oxygen atoms in total. The number of benzene rings is 2. The van der Waals surface area contributed by atoms with Gasteiger partial charge in [-0.15, -0.1) is 0 Å². The number of para-hydroxylation sites is 1. The molecule has 2 rings (SSSR count). The van der Waals surface area contributed by atoms with Gasteiger partial charge in [0.2, 0.25) is 0 Å². The molecule has 0 aliphatic carbocycles. The summed E-state index contributed by atoms with van der Waals surface area (Å²) in [6, 6.07) is 8.89. The minimum atomic E-state index is -4.86. The van der Waals surface area contributed by atoms with Crippen molar-refractivity contribution in [3.63, 3.8) is 0 Å². The Morgan fingerprint density at radius 3 is 2.28 bits per heavy atom. The summed E-state index contributed by atoms with van der Waals surface area (Å²) in [5.41, 5.74) is 0.481. The van der Waals surface area contributed by atoms with E-state index in [4.69, 9.17) is 5.11 Å². The molecule has 0 bridgehead atoms. The highest BCUT2D eigenvalue weighted by Crippen LogP contribution is 2.32. The van der Waals surface area contributed by atoms with E-state index in [0.717, 1.165) is 12.1 Å². The number of aliphatic hydroxyl groups is 1. The third-order valence-corrected chi connectivity index (χ3v) is 3.78. The molecule has 0 saturated heterocycles. The number of hydrogen-bond acceptors (Lipinski definition) is 4. The maximum Gasteiger partial charge on any atom is 0.461 e. The molecule has 0 amide bonds. The number of hydrogen-bond donors (Lipinski definition) is 3. The molecule has 1 unspecified atom stereocenters. The second-order valence-electron chi connectivity index (χ2n) is 6.04. The Labute approximate surface area is 160 Å². The van der Waals surface area contributed by atoms with Gasteiger partial charge in [0.15, 0.2) is 6.10 Å². The van der Waals surface area contributed by atoms with Crippen LogP contribution in [0.4, 0.5) is 36.4 Å². The predicted molar refractivity (Wildman–Crippen MR) is 89.5 cm³/mol. The summed E-state index contributed by atoms with van der Waals surface area (Å²) in [4.78, 5) is 0. The summed E-state index contributed by atoms with van der Waals surface area (Å²) in [6.45, 7) is -0.933. The molecule has 3 N–H and O–H groups in total. The lowest BCUT2D eigenvalue weighted by Crippen LogP contribution is -2.35. The van der Waals surface area contributed by atoms with Crippen molar-refractivity contribution in [2.75, 3.05) is 11.9 Å². The molecule has 0 fully saturated rings. The Morgan fingerprint density at radius 2 is 1.66 bits per heavy atom. The van der Waals surface area contributed by atoms with Crippen molar-refractivity contribution in [2.24, 2.45) is 0 Å². The number of ether oxygens (including phenoxy) is 1. The van der Waals surface area contributed by atoms with Crippen molar-refractivity contribution < 1.29 is 45.7 Å². The van der Waals surface area contributed by atoms with Crippen LogP contribution >= 0.6 is 0 Å². The van der Waals surface area contributed by atoms with Crippen LogP contribution in [0.3, 0.4) is 0 Å². The first-order chi connectivity index (χ1) is 13.4. The van der Waals surface area contributed by atoms with E-state index in [2.05, 4.69) is 10.1 Å². The minimum absolute atomic E-state index is 0.0592. The number of rotatable bonds is 8. The van der Waals surface area contributed by atoms with Gasteiger partial charge in [0.05, 0.1) is 5.69 Å². The summed E-state index contributed by atoms with van der Waals surface area (Å²) >= 11 is 0. The minimum Gasteiger partial charge on any atom is -0.506 e. The first-order valence-corrected chi connectivity index (χ1v) is 8.13. The molecule has 2 aromatic rings. The molecule has 1 atom stereocenters. The monoisotopic (exact) mass is 427 g/mol. The van der Waals surface area contributed by atoms with Gasteiger partial charge in [-0.1, -0.05) is 24.3 Å². The molecule has 0 aliphatic rings. The Balaban J connectivity index is 2.20. The molecule has 160 valence electrons. The van der Waals surface area contributed by atoms with Crippen molar-refractivity contribution in [1.82, 2.24) is 0 Å². The van der Waals surface area contributed by atoms with Gasteiger partial charge >= 0.3 is 18.7 Å². The molecule has 0 heterocycles. The van der Waals surface area contributed by atoms with Gasteiger partial charge in [-0.05, 0) is 35.7 Å². The topological polar surface area (TPSA) is 61.7 Å². The Morgan fingerprint density at radius 1 is 1.00 bits per heavy atom. The van der Waals surface area contributed by atoms with Gasteiger partial charge < -0.3 is 20.3 Å². The molecular weight excluding hydrogens is 411 g/mol. The zero-order valence-electron chi connectivity index (χ0n) is 14.6. The number of halogens is 7. The summed E-state index contributed by atoms with van der Waals surface area (Å²) in [7, 11) is 0. The van der Waals surface area contributed by atoms with Crippen LogP contribution in [-0.2, 0) is 6.42 Å². The van der Waals surface area contributed by atoms with E-state index in [1.165, 1.54) is 30.3 Å². The van der Waals surface area contributed by atoms with Crippen LogP contribution in [0.5, 0.6) is 11.5 Å². The highest BCUT2D eigenvalue weighted by atomic mass is 19.4. The van der Waals surface area contributed by atoms with E-state index in [0.29, 0.717) is 5.56 Å². The molecule has 11 heteroatoms. The van der Waals surface area contributed by atoms with E-state index >= 15 is 0 Å². The number of anilines is 1. The van der Waals surface area contributed by atoms with Crippen LogP contribution in [0.15, 0.2) is 42.5 Å². The van der Waals surface area contributed by atoms with Gasteiger partial charge in [0.1, 0.15) is 11.5 Å². The first-order valence-electron chi connectivity index (χ1n) is 8.13. The molecule has 29 heavy (non-hydrogen) atoms. The van der Waals surface area contributed by atoms with E-state index in [-0.39, 0.29) is 17.7 Å². The summed E-state index contributed by atoms with van der Waals surface area (Å²) in [5, 5.41) is 21.3. The van der Waals surface area contributed by atoms with Crippen LogP contribution in [0.1, 0.15) is 11.1 Å². The fourth-order valence-corrected chi connectivity index (χ4v) is 2.39. The lowest BCUT2D eigenvalue weighted by molar-refractivity contribution is -0.253. The van der Waals surface area contributed by atoms with Crippen LogP contribution in [0.2, 0.25) is 0 Å². The molecule has 0 aromatic heterocycles. The number of phenols is 1. The van der Waals surface area contributed by atoms with Gasteiger partial charge in [-0.2, -0.15) is 30.7 Å². The van der Waals surface area contributed by atoms with E-state index < -0.39 is 42.9 Å². The van der Waals surface area contributed by atoms with Gasteiger partial charge in [-0.3, -0.25) is 0 Å². The quantitative estimate of drug-likeness (QED) is 0.427. The van der Waals surface area contributed by atoms with Gasteiger partial charge in [0.25, 0.3) is 0 Å². The first kappa shape index (κ1) is 22.6. The van der Waals surface area contributed by atoms with Gasteiger partial charge in [0, 0.05) is 6.54 Å². The maximum absolute atomic E-state index is 13.0. The average Bonchev–Trinajstić information content (AvgIpc) is 2.60. The molecule has 0 spiro atoms. The second-order valence-corrected chi connectivity index (χ2v) is 6.04. The molecule has 2 aromatic carbocycles. The summed E-state index contributed by atoms with van der Waals surface area (Å²) in [5.74, 6) is -0.927. The average molecular weight is 427 g/mol. The third kappa shape index (κ3) is 6.14. The largest absolute Gasteiger partial charge is 0.506 e. The van der Waals surface area contributed by atoms with Crippen molar-refractivity contribution in [1.29, 1.82) is 0 Å². The van der Waals surface area contributed by atoms with E-state index in [1.54, 1.807) is 0 Å². The molecule has 0 aliphatic heterocycles. The zero-order valence-corrected chi connectivity index (χ0v) is 14.6. The SMILES string of the molecule is Oc1cccc(Cc2cccc(OC(F)(F)C(F)F)c2)c1NCC(O)C(F)(F)F. The maximum atomic E-state index is 13.0. The van der Waals surface area contributed by atoms with Crippen LogP contribution < -0.4 is 10.1 Å². The number of alkyl halides is 7. The van der Waals surface area contributed by atoms with Gasteiger partial charge in [-0.25, -0.2) is 0 Å². The normalized spacial score (nSPS) is 13.4. The fourth-order valence-electron chi connectivity index (χ4n) is 2.39. The lowest BCUT2D eigenvalue weighted by atomic mass is 10.0. The van der Waals surface area contributed by atoms with Crippen molar-refractivity contribution in [3.05, 3.63) is 53.6 Å². The molecule has 0 saturated carbocycles. The smallest absolute Gasteiger partial charge is 0.461 e. The summed E-state index contributed by atoms with van der Waals surface area (Å²) < 4.78 is 92.0. The Bertz CT molecular complexity index is 827. The predicted octanol–water partition coefficient (Wildman–Crippen LogP) is 4.55. The number of nitrogens with one attached hydrogen (secondary N) is 1. The van der Waals surface area contributed by atoms with E-state index in [9.17, 15) is 35.8 Å². The standard InChI is InChI=1S/C18H16F7NO3/c19-16(20)18(24,25)29-12-5-1-3-10(8-12)7-11-4-2-6-13(27)15(11)26-9-14(28)17(21,22)23/h1-6,8,14,16,26-28H,7,9H2. The highest BCUT2D eigenvalue weighted by molar-refractivity contribution is 5.62. The zero-order chi connectivity index (χ0) is 21.8. The van der Waals surface area contributed by atoms with Crippen molar-refractivity contribution in [2.45, 2.75) is 31.2 Å². The Hall–Kier alpha value is -2.69. The number of phenolic OH excluding ortho intramolecular Hbond substituents is 1. The molecule has 0 radical (unpaired) electrons. The second kappa shape index (κ2) is 8.76. The lowest BCUT2D eigenvalue weighted by Gasteiger charge is -2.19. The summed E-state index contributed by atoms with van der Waals surface area (Å²) in [6.07, 6.45) is -16.3. The van der Waals surface area contributed by atoms with Crippen molar-refractivity contribution in [3.8, 4) is 11.5 Å². The third-order valence-electron chi connectivity index (χ3n) is 3.78. The molecular formula is C18H16F7NO3. The Kier molecular flexibility index (Phi) is 6.83. The van der Waals surface area contributed by atoms with Crippen molar-refractivity contribution >= 4 is 5.69 Å². The van der Waals surface area contributed by atoms with Crippen LogP contribution in [0.25, 0.3) is 0 Å². The number of aliphatic hydroxyl groups excluding tert-OH is 1. The fraction of sp³-hybridized carbons (Fsp3) is 0.333. The van der Waals surface area contributed by atoms with E-state index in [1.807, 2.05) is 0 Å². The highest BCUT2D eigenvalue weighted by Gasteiger charge is 2.44. The van der Waals surface area contributed by atoms with Crippen LogP contribution in [0, 0.1) is 0 Å².